The van der Waals surface area contributed by atoms with Gasteiger partial charge < -0.3 is 15.2 Å². The molecule has 1 unspecified atom stereocenters. The summed E-state index contributed by atoms with van der Waals surface area (Å²) in [5.41, 5.74) is 1.08. The fourth-order valence-corrected chi connectivity index (χ4v) is 3.17. The Bertz CT molecular complexity index is 586. The Morgan fingerprint density at radius 3 is 2.57 bits per heavy atom. The summed E-state index contributed by atoms with van der Waals surface area (Å²) in [5, 5.41) is 13.1. The van der Waals surface area contributed by atoms with Gasteiger partial charge in [-0.1, -0.05) is 26.8 Å². The van der Waals surface area contributed by atoms with Crippen LogP contribution in [0.5, 0.6) is 5.75 Å². The van der Waals surface area contributed by atoms with E-state index >= 15 is 0 Å². The molecule has 0 saturated heterocycles. The molecule has 4 heteroatoms. The summed E-state index contributed by atoms with van der Waals surface area (Å²) in [6.45, 7) is 6.66. The van der Waals surface area contributed by atoms with Crippen LogP contribution in [0.15, 0.2) is 36.4 Å². The summed E-state index contributed by atoms with van der Waals surface area (Å²) in [7, 11) is 1.65. The van der Waals surface area contributed by atoms with Gasteiger partial charge in [0, 0.05) is 21.5 Å². The van der Waals surface area contributed by atoms with Crippen molar-refractivity contribution >= 4 is 17.0 Å². The van der Waals surface area contributed by atoms with E-state index in [1.165, 1.54) is 4.88 Å². The zero-order valence-electron chi connectivity index (χ0n) is 13.0. The highest BCUT2D eigenvalue weighted by atomic mass is 32.1. The first-order valence-electron chi connectivity index (χ1n) is 7.05. The predicted molar refractivity (Wildman–Crippen MR) is 89.5 cm³/mol. The zero-order chi connectivity index (χ0) is 15.5. The van der Waals surface area contributed by atoms with Crippen LogP contribution in [0.2, 0.25) is 0 Å². The van der Waals surface area contributed by atoms with E-state index in [4.69, 9.17) is 4.74 Å². The van der Waals surface area contributed by atoms with E-state index in [0.717, 1.165) is 16.3 Å². The molecule has 21 heavy (non-hydrogen) atoms. The van der Waals surface area contributed by atoms with Gasteiger partial charge in [0.25, 0.3) is 0 Å². The third-order valence-corrected chi connectivity index (χ3v) is 4.93. The standard InChI is InChI=1S/C17H23NO2S/c1-17(2,3)16-9-8-15(21-16)14(11-19)18-12-6-5-7-13(10-12)20-4/h5-10,14,18-19H,11H2,1-4H3. The highest BCUT2D eigenvalue weighted by molar-refractivity contribution is 7.12. The maximum absolute atomic E-state index is 9.69. The smallest absolute Gasteiger partial charge is 0.120 e. The Kier molecular flexibility index (Phi) is 4.91. The number of aliphatic hydroxyl groups is 1. The van der Waals surface area contributed by atoms with E-state index in [1.54, 1.807) is 18.4 Å². The summed E-state index contributed by atoms with van der Waals surface area (Å²) < 4.78 is 5.22. The van der Waals surface area contributed by atoms with Crippen molar-refractivity contribution in [2.75, 3.05) is 19.0 Å². The zero-order valence-corrected chi connectivity index (χ0v) is 13.8. The molecule has 0 radical (unpaired) electrons. The summed E-state index contributed by atoms with van der Waals surface area (Å²) in [5.74, 6) is 0.804. The number of benzene rings is 1. The maximum Gasteiger partial charge on any atom is 0.120 e. The molecular formula is C17H23NO2S. The van der Waals surface area contributed by atoms with Gasteiger partial charge in [0.05, 0.1) is 19.8 Å². The summed E-state index contributed by atoms with van der Waals surface area (Å²) in [4.78, 5) is 2.47. The summed E-state index contributed by atoms with van der Waals surface area (Å²) in [6, 6.07) is 11.9. The fraction of sp³-hybridized carbons (Fsp3) is 0.412. The van der Waals surface area contributed by atoms with Crippen molar-refractivity contribution in [3.8, 4) is 5.75 Å². The van der Waals surface area contributed by atoms with Crippen molar-refractivity contribution < 1.29 is 9.84 Å². The lowest BCUT2D eigenvalue weighted by Crippen LogP contribution is -2.13. The highest BCUT2D eigenvalue weighted by Crippen LogP contribution is 2.33. The van der Waals surface area contributed by atoms with Crippen molar-refractivity contribution in [1.29, 1.82) is 0 Å². The molecule has 0 bridgehead atoms. The number of thiophene rings is 1. The maximum atomic E-state index is 9.69. The number of nitrogens with one attached hydrogen (secondary N) is 1. The van der Waals surface area contributed by atoms with Crippen molar-refractivity contribution in [2.45, 2.75) is 32.2 Å². The van der Waals surface area contributed by atoms with Gasteiger partial charge in [0.2, 0.25) is 0 Å². The van der Waals surface area contributed by atoms with Crippen LogP contribution >= 0.6 is 11.3 Å². The van der Waals surface area contributed by atoms with Crippen LogP contribution in [0.4, 0.5) is 5.69 Å². The second-order valence-corrected chi connectivity index (χ2v) is 7.18. The van der Waals surface area contributed by atoms with E-state index in [2.05, 4.69) is 38.2 Å². The molecule has 114 valence electrons. The number of rotatable bonds is 5. The van der Waals surface area contributed by atoms with Gasteiger partial charge in [0.15, 0.2) is 0 Å². The van der Waals surface area contributed by atoms with Crippen LogP contribution < -0.4 is 10.1 Å². The Morgan fingerprint density at radius 2 is 2.00 bits per heavy atom. The number of anilines is 1. The van der Waals surface area contributed by atoms with Crippen molar-refractivity contribution in [3.05, 3.63) is 46.2 Å². The second-order valence-electron chi connectivity index (χ2n) is 6.06. The third kappa shape index (κ3) is 3.99. The topological polar surface area (TPSA) is 41.5 Å². The monoisotopic (exact) mass is 305 g/mol. The van der Waals surface area contributed by atoms with Crippen LogP contribution in [-0.2, 0) is 5.41 Å². The third-order valence-electron chi connectivity index (χ3n) is 3.30. The molecule has 0 spiro atoms. The molecule has 1 heterocycles. The summed E-state index contributed by atoms with van der Waals surface area (Å²) >= 11 is 1.75. The average Bonchev–Trinajstić information content (AvgIpc) is 2.94. The van der Waals surface area contributed by atoms with Crippen molar-refractivity contribution in [1.82, 2.24) is 0 Å². The lowest BCUT2D eigenvalue weighted by atomic mass is 9.95. The molecule has 0 fully saturated rings. The molecule has 0 aliphatic heterocycles. The minimum atomic E-state index is -0.0989. The van der Waals surface area contributed by atoms with E-state index in [-0.39, 0.29) is 18.1 Å². The number of methoxy groups -OCH3 is 1. The Balaban J connectivity index is 2.17. The quantitative estimate of drug-likeness (QED) is 0.870. The molecule has 2 rings (SSSR count). The van der Waals surface area contributed by atoms with Gasteiger partial charge in [-0.05, 0) is 29.7 Å². The Morgan fingerprint density at radius 1 is 1.24 bits per heavy atom. The molecule has 0 saturated carbocycles. The molecule has 0 aliphatic rings. The number of aliphatic hydroxyl groups excluding tert-OH is 1. The molecule has 3 nitrogen and oxygen atoms in total. The summed E-state index contributed by atoms with van der Waals surface area (Å²) in [6.07, 6.45) is 0. The molecule has 0 aliphatic carbocycles. The van der Waals surface area contributed by atoms with Gasteiger partial charge in [-0.15, -0.1) is 11.3 Å². The molecule has 1 aromatic carbocycles. The van der Waals surface area contributed by atoms with E-state index in [0.29, 0.717) is 0 Å². The van der Waals surface area contributed by atoms with Crippen LogP contribution in [0.1, 0.15) is 36.6 Å². The normalized spacial score (nSPS) is 13.0. The van der Waals surface area contributed by atoms with Gasteiger partial charge >= 0.3 is 0 Å². The first kappa shape index (κ1) is 15.9. The highest BCUT2D eigenvalue weighted by Gasteiger charge is 2.19. The molecule has 1 aromatic heterocycles. The van der Waals surface area contributed by atoms with E-state index in [9.17, 15) is 5.11 Å². The predicted octanol–water partition coefficient (Wildman–Crippen LogP) is 4.20. The molecule has 0 amide bonds. The first-order chi connectivity index (χ1) is 9.94. The van der Waals surface area contributed by atoms with Gasteiger partial charge in [-0.3, -0.25) is 0 Å². The molecule has 1 atom stereocenters. The van der Waals surface area contributed by atoms with Crippen molar-refractivity contribution in [2.24, 2.45) is 0 Å². The van der Waals surface area contributed by atoms with E-state index in [1.807, 2.05) is 24.3 Å². The number of hydrogen-bond acceptors (Lipinski definition) is 4. The largest absolute Gasteiger partial charge is 0.497 e. The molecule has 2 aromatic rings. The van der Waals surface area contributed by atoms with Gasteiger partial charge in [-0.2, -0.15) is 0 Å². The lowest BCUT2D eigenvalue weighted by molar-refractivity contribution is 0.277. The van der Waals surface area contributed by atoms with Crippen LogP contribution in [0.25, 0.3) is 0 Å². The number of hydrogen-bond donors (Lipinski definition) is 2. The lowest BCUT2D eigenvalue weighted by Gasteiger charge is -2.18. The van der Waals surface area contributed by atoms with Gasteiger partial charge in [-0.25, -0.2) is 0 Å². The van der Waals surface area contributed by atoms with Crippen molar-refractivity contribution in [3.63, 3.8) is 0 Å². The Hall–Kier alpha value is -1.52. The molecular weight excluding hydrogens is 282 g/mol. The van der Waals surface area contributed by atoms with Gasteiger partial charge in [0.1, 0.15) is 5.75 Å². The van der Waals surface area contributed by atoms with E-state index < -0.39 is 0 Å². The second kappa shape index (κ2) is 6.50. The number of ether oxygens (including phenoxy) is 1. The SMILES string of the molecule is COc1cccc(NC(CO)c2ccc(C(C)(C)C)s2)c1. The van der Waals surface area contributed by atoms with Crippen LogP contribution in [0.3, 0.4) is 0 Å². The van der Waals surface area contributed by atoms with Crippen LogP contribution in [-0.4, -0.2) is 18.8 Å². The van der Waals surface area contributed by atoms with Crippen LogP contribution in [0, 0.1) is 0 Å². The Labute approximate surface area is 130 Å². The first-order valence-corrected chi connectivity index (χ1v) is 7.87. The molecule has 2 N–H and O–H groups in total. The minimum Gasteiger partial charge on any atom is -0.497 e. The minimum absolute atomic E-state index is 0.0569. The fourth-order valence-electron chi connectivity index (χ4n) is 2.06. The average molecular weight is 305 g/mol.